The van der Waals surface area contributed by atoms with Crippen LogP contribution in [0.2, 0.25) is 0 Å². The molecule has 278 valence electrons. The Bertz CT molecular complexity index is 1910. The number of nitrogens with two attached hydrogens (primary N) is 1. The summed E-state index contributed by atoms with van der Waals surface area (Å²) in [6.45, 7) is 6.93. The van der Waals surface area contributed by atoms with Gasteiger partial charge in [0.1, 0.15) is 41.3 Å². The third-order valence-electron chi connectivity index (χ3n) is 10.4. The van der Waals surface area contributed by atoms with Crippen molar-refractivity contribution in [1.82, 2.24) is 34.6 Å². The SMILES string of the molecule is Cc1cc(N)nc(-c2ncc3c(N(C)CC4CN(C(=O)C#CCN5CCOCC5)C4)nc(OC[C@@]45CCCN4C[C@H](F)C5)nc3c2F)c1C(F)(F)F. The molecule has 4 fully saturated rings. The molecule has 7 heterocycles. The average Bonchev–Trinajstić information content (AvgIpc) is 3.60. The summed E-state index contributed by atoms with van der Waals surface area (Å²) < 4.78 is 85.1. The van der Waals surface area contributed by atoms with E-state index >= 15 is 4.39 Å². The van der Waals surface area contributed by atoms with E-state index in [4.69, 9.17) is 15.2 Å². The molecule has 0 bridgehead atoms. The van der Waals surface area contributed by atoms with Gasteiger partial charge >= 0.3 is 12.2 Å². The third-order valence-corrected chi connectivity index (χ3v) is 10.4. The van der Waals surface area contributed by atoms with E-state index in [2.05, 4.69) is 41.6 Å². The molecule has 0 aromatic carbocycles. The van der Waals surface area contributed by atoms with Gasteiger partial charge in [0.05, 0.1) is 36.2 Å². The van der Waals surface area contributed by atoms with E-state index in [1.165, 1.54) is 13.1 Å². The van der Waals surface area contributed by atoms with Gasteiger partial charge in [0.2, 0.25) is 0 Å². The Morgan fingerprint density at radius 1 is 1.15 bits per heavy atom. The maximum Gasteiger partial charge on any atom is 0.418 e. The number of hydrogen-bond acceptors (Lipinski definition) is 11. The first kappa shape index (κ1) is 36.0. The fourth-order valence-corrected chi connectivity index (χ4v) is 7.81. The highest BCUT2D eigenvalue weighted by atomic mass is 19.4. The van der Waals surface area contributed by atoms with Crippen LogP contribution in [0.5, 0.6) is 6.01 Å². The Morgan fingerprint density at radius 3 is 2.67 bits per heavy atom. The van der Waals surface area contributed by atoms with Crippen LogP contribution in [0.3, 0.4) is 0 Å². The molecular formula is C35H40F5N9O3. The number of nitrogen functional groups attached to an aromatic ring is 1. The summed E-state index contributed by atoms with van der Waals surface area (Å²) in [5.74, 6) is 4.28. The summed E-state index contributed by atoms with van der Waals surface area (Å²) in [5, 5.41) is 0.136. The van der Waals surface area contributed by atoms with Crippen molar-refractivity contribution in [2.45, 2.75) is 44.1 Å². The van der Waals surface area contributed by atoms with Gasteiger partial charge in [0.15, 0.2) is 5.82 Å². The van der Waals surface area contributed by atoms with Crippen molar-refractivity contribution < 1.29 is 36.2 Å². The maximum absolute atomic E-state index is 16.5. The standard InChI is InChI=1S/C35H40F5N9O3/c1-21-13-25(41)43-30(27(21)35(38,39)40)31-28(37)29-24(15-42-31)32(45-33(44-29)52-20-34-6-4-8-49(34)19-23(36)14-34)46(2)16-22-17-48(18-22)26(50)5-3-7-47-9-11-51-12-10-47/h13,15,22-23H,4,6-12,14,16-20H2,1-2H3,(H2,41,43)/t23-,34+/m1/s1. The quantitative estimate of drug-likeness (QED) is 0.271. The van der Waals surface area contributed by atoms with E-state index in [1.54, 1.807) is 16.8 Å². The molecule has 0 aliphatic carbocycles. The Morgan fingerprint density at radius 2 is 1.92 bits per heavy atom. The molecule has 0 radical (unpaired) electrons. The summed E-state index contributed by atoms with van der Waals surface area (Å²) in [4.78, 5) is 37.2. The largest absolute Gasteiger partial charge is 0.461 e. The molecule has 52 heavy (non-hydrogen) atoms. The van der Waals surface area contributed by atoms with Gasteiger partial charge in [-0.05, 0) is 43.9 Å². The minimum atomic E-state index is -4.87. The number of likely N-dealkylation sites (tertiary alicyclic amines) is 1. The van der Waals surface area contributed by atoms with E-state index < -0.39 is 40.7 Å². The first-order chi connectivity index (χ1) is 24.8. The molecule has 2 N–H and O–H groups in total. The van der Waals surface area contributed by atoms with Crippen molar-refractivity contribution in [3.8, 4) is 29.2 Å². The van der Waals surface area contributed by atoms with Crippen LogP contribution < -0.4 is 15.4 Å². The maximum atomic E-state index is 16.5. The number of aromatic nitrogens is 4. The topological polar surface area (TPSA) is 126 Å². The number of carbonyl (C=O) groups excluding carboxylic acids is 1. The number of alkyl halides is 4. The Kier molecular flexibility index (Phi) is 9.83. The van der Waals surface area contributed by atoms with Crippen molar-refractivity contribution >= 4 is 28.4 Å². The molecular weight excluding hydrogens is 689 g/mol. The molecule has 0 spiro atoms. The molecule has 3 aromatic rings. The van der Waals surface area contributed by atoms with Gasteiger partial charge in [0.25, 0.3) is 5.91 Å². The lowest BCUT2D eigenvalue weighted by Gasteiger charge is -2.40. The van der Waals surface area contributed by atoms with Crippen molar-refractivity contribution in [2.24, 2.45) is 5.92 Å². The molecule has 4 aliphatic rings. The van der Waals surface area contributed by atoms with Crippen LogP contribution in [0.1, 0.15) is 30.4 Å². The lowest BCUT2D eigenvalue weighted by Crippen LogP contribution is -2.53. The van der Waals surface area contributed by atoms with Crippen LogP contribution in [-0.4, -0.2) is 131 Å². The number of pyridine rings is 2. The number of amides is 1. The highest BCUT2D eigenvalue weighted by Crippen LogP contribution is 2.42. The number of hydrogen-bond donors (Lipinski definition) is 1. The van der Waals surface area contributed by atoms with Gasteiger partial charge in [-0.1, -0.05) is 5.92 Å². The average molecular weight is 730 g/mol. The number of fused-ring (bicyclic) bond motifs is 2. The van der Waals surface area contributed by atoms with Crippen LogP contribution in [0.25, 0.3) is 22.3 Å². The summed E-state index contributed by atoms with van der Waals surface area (Å²) >= 11 is 0. The van der Waals surface area contributed by atoms with Gasteiger partial charge < -0.3 is 25.0 Å². The summed E-state index contributed by atoms with van der Waals surface area (Å²) in [6.07, 6.45) is -2.79. The number of ether oxygens (including phenoxy) is 2. The highest BCUT2D eigenvalue weighted by Gasteiger charge is 2.49. The number of aryl methyl sites for hydroxylation is 1. The smallest absolute Gasteiger partial charge is 0.418 e. The molecule has 4 aliphatic heterocycles. The van der Waals surface area contributed by atoms with Crippen LogP contribution in [0, 0.1) is 30.5 Å². The van der Waals surface area contributed by atoms with Gasteiger partial charge in [-0.15, -0.1) is 0 Å². The molecule has 3 aromatic heterocycles. The second-order valence-electron chi connectivity index (χ2n) is 14.1. The summed E-state index contributed by atoms with van der Waals surface area (Å²) in [6, 6.07) is 0.860. The number of carbonyl (C=O) groups is 1. The number of anilines is 2. The van der Waals surface area contributed by atoms with Gasteiger partial charge in [-0.25, -0.2) is 13.8 Å². The van der Waals surface area contributed by atoms with Gasteiger partial charge in [-0.2, -0.15) is 23.1 Å². The highest BCUT2D eigenvalue weighted by molar-refractivity contribution is 5.94. The molecule has 0 saturated carbocycles. The predicted octanol–water partition coefficient (Wildman–Crippen LogP) is 3.32. The van der Waals surface area contributed by atoms with Crippen molar-refractivity contribution in [2.75, 3.05) is 89.9 Å². The molecule has 7 rings (SSSR count). The molecule has 2 atom stereocenters. The third kappa shape index (κ3) is 7.15. The minimum Gasteiger partial charge on any atom is -0.461 e. The van der Waals surface area contributed by atoms with Gasteiger partial charge in [0, 0.05) is 64.9 Å². The number of rotatable bonds is 8. The Balaban J connectivity index is 1.16. The fraction of sp³-hybridized carbons (Fsp3) is 0.571. The van der Waals surface area contributed by atoms with Crippen LogP contribution in [-0.2, 0) is 15.7 Å². The Labute approximate surface area is 297 Å². The number of halogens is 5. The normalized spacial score (nSPS) is 22.6. The molecule has 17 heteroatoms. The lowest BCUT2D eigenvalue weighted by molar-refractivity contribution is -0.137. The van der Waals surface area contributed by atoms with Crippen LogP contribution in [0.15, 0.2) is 12.3 Å². The molecule has 1 amide bonds. The summed E-state index contributed by atoms with van der Waals surface area (Å²) in [5.41, 5.74) is 2.12. The minimum absolute atomic E-state index is 0.0289. The first-order valence-corrected chi connectivity index (χ1v) is 17.3. The number of nitrogens with zero attached hydrogens (tertiary/aromatic N) is 8. The van der Waals surface area contributed by atoms with E-state index in [0.717, 1.165) is 32.1 Å². The van der Waals surface area contributed by atoms with Crippen molar-refractivity contribution in [3.05, 3.63) is 29.2 Å². The van der Waals surface area contributed by atoms with E-state index in [1.807, 2.05) is 0 Å². The van der Waals surface area contributed by atoms with E-state index in [9.17, 15) is 22.4 Å². The summed E-state index contributed by atoms with van der Waals surface area (Å²) in [7, 11) is 1.73. The Hall–Kier alpha value is -4.40. The van der Waals surface area contributed by atoms with Crippen molar-refractivity contribution in [3.63, 3.8) is 0 Å². The zero-order valence-electron chi connectivity index (χ0n) is 29.0. The van der Waals surface area contributed by atoms with Crippen molar-refractivity contribution in [1.29, 1.82) is 0 Å². The molecule has 4 saturated heterocycles. The first-order valence-electron chi connectivity index (χ1n) is 17.3. The van der Waals surface area contributed by atoms with Crippen LogP contribution >= 0.6 is 0 Å². The number of morpholine rings is 1. The second-order valence-corrected chi connectivity index (χ2v) is 14.1. The molecule has 0 unspecified atom stereocenters. The zero-order chi connectivity index (χ0) is 36.8. The lowest BCUT2D eigenvalue weighted by atomic mass is 9.95. The second kappa shape index (κ2) is 14.2. The van der Waals surface area contributed by atoms with Crippen LogP contribution in [0.4, 0.5) is 33.6 Å². The molecule has 12 nitrogen and oxygen atoms in total. The zero-order valence-corrected chi connectivity index (χ0v) is 29.0. The monoisotopic (exact) mass is 729 g/mol. The van der Waals surface area contributed by atoms with E-state index in [-0.39, 0.29) is 59.0 Å². The fourth-order valence-electron chi connectivity index (χ4n) is 7.81. The van der Waals surface area contributed by atoms with Gasteiger partial charge in [-0.3, -0.25) is 19.6 Å². The predicted molar refractivity (Wildman–Crippen MR) is 182 cm³/mol. The van der Waals surface area contributed by atoms with E-state index in [0.29, 0.717) is 52.4 Å².